The lowest BCUT2D eigenvalue weighted by Crippen LogP contribution is -2.28. The predicted octanol–water partition coefficient (Wildman–Crippen LogP) is 1.49. The molecule has 82 valence electrons. The Morgan fingerprint density at radius 3 is 2.73 bits per heavy atom. The minimum absolute atomic E-state index is 0.364. The zero-order valence-electron chi connectivity index (χ0n) is 9.38. The quantitative estimate of drug-likeness (QED) is 0.730. The van der Waals surface area contributed by atoms with Crippen LogP contribution in [0.25, 0.3) is 0 Å². The molecule has 1 aliphatic rings. The average molecular weight is 206 g/mol. The molecular formula is C11H18N4. The average Bonchev–Trinajstić information content (AvgIpc) is 2.24. The maximum atomic E-state index is 5.68. The summed E-state index contributed by atoms with van der Waals surface area (Å²) in [4.78, 5) is 8.53. The van der Waals surface area contributed by atoms with Crippen LogP contribution < -0.4 is 11.1 Å². The van der Waals surface area contributed by atoms with Gasteiger partial charge in [-0.15, -0.1) is 0 Å². The molecule has 0 radical (unpaired) electrons. The molecule has 1 aliphatic heterocycles. The molecular weight excluding hydrogens is 188 g/mol. The van der Waals surface area contributed by atoms with Crippen LogP contribution in [0.2, 0.25) is 0 Å². The Morgan fingerprint density at radius 1 is 1.27 bits per heavy atom. The number of rotatable bonds is 1. The number of nitrogen functional groups attached to an aromatic ring is 1. The van der Waals surface area contributed by atoms with Crippen LogP contribution >= 0.6 is 0 Å². The van der Waals surface area contributed by atoms with Crippen LogP contribution in [-0.4, -0.2) is 16.5 Å². The number of aryl methyl sites for hydroxylation is 1. The fourth-order valence-electron chi connectivity index (χ4n) is 2.10. The summed E-state index contributed by atoms with van der Waals surface area (Å²) in [6, 6.07) is 0.364. The van der Waals surface area contributed by atoms with Crippen LogP contribution in [0.3, 0.4) is 0 Å². The molecule has 0 aliphatic carbocycles. The number of anilines is 1. The monoisotopic (exact) mass is 206 g/mol. The Labute approximate surface area is 90.3 Å². The number of hydrogen-bond donors (Lipinski definition) is 2. The first kappa shape index (κ1) is 10.4. The second-order valence-electron chi connectivity index (χ2n) is 4.18. The maximum Gasteiger partial charge on any atom is 0.220 e. The van der Waals surface area contributed by atoms with E-state index in [-0.39, 0.29) is 0 Å². The topological polar surface area (TPSA) is 63.8 Å². The van der Waals surface area contributed by atoms with Crippen LogP contribution in [0.1, 0.15) is 42.3 Å². The second kappa shape index (κ2) is 4.14. The van der Waals surface area contributed by atoms with Crippen molar-refractivity contribution in [2.45, 2.75) is 39.2 Å². The van der Waals surface area contributed by atoms with E-state index in [0.29, 0.717) is 12.0 Å². The van der Waals surface area contributed by atoms with Gasteiger partial charge in [0, 0.05) is 11.7 Å². The van der Waals surface area contributed by atoms with Gasteiger partial charge in [0.25, 0.3) is 0 Å². The summed E-state index contributed by atoms with van der Waals surface area (Å²) in [5.41, 5.74) is 8.93. The molecule has 0 spiro atoms. The van der Waals surface area contributed by atoms with Gasteiger partial charge in [0.2, 0.25) is 5.95 Å². The summed E-state index contributed by atoms with van der Waals surface area (Å²) < 4.78 is 0. The molecule has 2 rings (SSSR count). The van der Waals surface area contributed by atoms with Crippen molar-refractivity contribution in [2.24, 2.45) is 0 Å². The Hall–Kier alpha value is -1.16. The van der Waals surface area contributed by atoms with Gasteiger partial charge >= 0.3 is 0 Å². The van der Waals surface area contributed by atoms with Crippen molar-refractivity contribution >= 4 is 5.95 Å². The summed E-state index contributed by atoms with van der Waals surface area (Å²) in [5.74, 6) is 0.389. The standard InChI is InChI=1S/C11H18N4/c1-7-8(2)14-11(12)15-10(7)9-5-3-4-6-13-9/h9,13H,3-6H2,1-2H3,(H2,12,14,15). The fourth-order valence-corrected chi connectivity index (χ4v) is 2.10. The third kappa shape index (κ3) is 2.09. The Kier molecular flexibility index (Phi) is 2.86. The highest BCUT2D eigenvalue weighted by Crippen LogP contribution is 2.25. The smallest absolute Gasteiger partial charge is 0.220 e. The molecule has 2 heterocycles. The van der Waals surface area contributed by atoms with Gasteiger partial charge in [0.15, 0.2) is 0 Å². The summed E-state index contributed by atoms with van der Waals surface area (Å²) >= 11 is 0. The Balaban J connectivity index is 2.33. The van der Waals surface area contributed by atoms with Gasteiger partial charge in [0.05, 0.1) is 5.69 Å². The van der Waals surface area contributed by atoms with Crippen LogP contribution in [0.5, 0.6) is 0 Å². The molecule has 3 N–H and O–H groups in total. The van der Waals surface area contributed by atoms with Crippen molar-refractivity contribution in [1.82, 2.24) is 15.3 Å². The summed E-state index contributed by atoms with van der Waals surface area (Å²) in [7, 11) is 0. The highest BCUT2D eigenvalue weighted by Gasteiger charge is 2.19. The minimum atomic E-state index is 0.364. The van der Waals surface area contributed by atoms with E-state index in [0.717, 1.165) is 24.4 Å². The molecule has 1 fully saturated rings. The highest BCUT2D eigenvalue weighted by atomic mass is 15.0. The maximum absolute atomic E-state index is 5.68. The van der Waals surface area contributed by atoms with Gasteiger partial charge in [-0.3, -0.25) is 0 Å². The van der Waals surface area contributed by atoms with Crippen LogP contribution in [0, 0.1) is 13.8 Å². The van der Waals surface area contributed by atoms with E-state index in [9.17, 15) is 0 Å². The molecule has 0 aromatic carbocycles. The molecule has 1 aromatic rings. The first-order valence-corrected chi connectivity index (χ1v) is 5.52. The molecule has 1 unspecified atom stereocenters. The molecule has 0 amide bonds. The minimum Gasteiger partial charge on any atom is -0.368 e. The van der Waals surface area contributed by atoms with E-state index in [1.165, 1.54) is 18.4 Å². The number of aromatic nitrogens is 2. The predicted molar refractivity (Wildman–Crippen MR) is 60.5 cm³/mol. The van der Waals surface area contributed by atoms with Crippen molar-refractivity contribution in [1.29, 1.82) is 0 Å². The normalized spacial score (nSPS) is 21.6. The van der Waals surface area contributed by atoms with E-state index >= 15 is 0 Å². The van der Waals surface area contributed by atoms with Crippen LogP contribution in [0.15, 0.2) is 0 Å². The second-order valence-corrected chi connectivity index (χ2v) is 4.18. The summed E-state index contributed by atoms with van der Waals surface area (Å²) in [6.07, 6.45) is 3.67. The molecule has 1 aromatic heterocycles. The lowest BCUT2D eigenvalue weighted by atomic mass is 9.98. The number of nitrogens with zero attached hydrogens (tertiary/aromatic N) is 2. The van der Waals surface area contributed by atoms with Crippen molar-refractivity contribution in [3.63, 3.8) is 0 Å². The van der Waals surface area contributed by atoms with E-state index in [2.05, 4.69) is 22.2 Å². The van der Waals surface area contributed by atoms with Crippen molar-refractivity contribution in [2.75, 3.05) is 12.3 Å². The van der Waals surface area contributed by atoms with E-state index < -0.39 is 0 Å². The Bertz CT molecular complexity index is 356. The van der Waals surface area contributed by atoms with E-state index in [4.69, 9.17) is 5.73 Å². The number of nitrogens with one attached hydrogen (secondary N) is 1. The van der Waals surface area contributed by atoms with Crippen LogP contribution in [-0.2, 0) is 0 Å². The highest BCUT2D eigenvalue weighted by molar-refractivity contribution is 5.32. The molecule has 4 nitrogen and oxygen atoms in total. The lowest BCUT2D eigenvalue weighted by Gasteiger charge is -2.24. The van der Waals surface area contributed by atoms with Gasteiger partial charge < -0.3 is 11.1 Å². The molecule has 15 heavy (non-hydrogen) atoms. The van der Waals surface area contributed by atoms with Gasteiger partial charge in [-0.1, -0.05) is 6.42 Å². The van der Waals surface area contributed by atoms with Crippen molar-refractivity contribution in [3.8, 4) is 0 Å². The summed E-state index contributed by atoms with van der Waals surface area (Å²) in [5, 5.41) is 3.48. The fraction of sp³-hybridized carbons (Fsp3) is 0.636. The van der Waals surface area contributed by atoms with Crippen LogP contribution in [0.4, 0.5) is 5.95 Å². The first-order chi connectivity index (χ1) is 7.18. The molecule has 0 saturated carbocycles. The summed E-state index contributed by atoms with van der Waals surface area (Å²) in [6.45, 7) is 5.13. The van der Waals surface area contributed by atoms with Gasteiger partial charge in [-0.25, -0.2) is 9.97 Å². The number of piperidine rings is 1. The molecule has 0 bridgehead atoms. The van der Waals surface area contributed by atoms with Gasteiger partial charge in [0.1, 0.15) is 0 Å². The van der Waals surface area contributed by atoms with Gasteiger partial charge in [-0.2, -0.15) is 0 Å². The molecule has 1 saturated heterocycles. The SMILES string of the molecule is Cc1nc(N)nc(C2CCCCN2)c1C. The third-order valence-corrected chi connectivity index (χ3v) is 3.08. The van der Waals surface area contributed by atoms with E-state index in [1.54, 1.807) is 0 Å². The van der Waals surface area contributed by atoms with E-state index in [1.807, 2.05) is 6.92 Å². The molecule has 1 atom stereocenters. The lowest BCUT2D eigenvalue weighted by molar-refractivity contribution is 0.403. The third-order valence-electron chi connectivity index (χ3n) is 3.08. The largest absolute Gasteiger partial charge is 0.368 e. The zero-order chi connectivity index (χ0) is 10.8. The van der Waals surface area contributed by atoms with Crippen molar-refractivity contribution in [3.05, 3.63) is 17.0 Å². The van der Waals surface area contributed by atoms with Gasteiger partial charge in [-0.05, 0) is 38.8 Å². The van der Waals surface area contributed by atoms with Crippen molar-refractivity contribution < 1.29 is 0 Å². The first-order valence-electron chi connectivity index (χ1n) is 5.52. The number of hydrogen-bond acceptors (Lipinski definition) is 4. The Morgan fingerprint density at radius 2 is 2.07 bits per heavy atom. The number of nitrogens with two attached hydrogens (primary N) is 1. The molecule has 4 heteroatoms. The zero-order valence-corrected chi connectivity index (χ0v) is 9.38.